The molecule has 0 N–H and O–H groups in total. The van der Waals surface area contributed by atoms with E-state index in [4.69, 9.17) is 4.74 Å². The van der Waals surface area contributed by atoms with E-state index >= 15 is 0 Å². The van der Waals surface area contributed by atoms with Gasteiger partial charge in [0.15, 0.2) is 5.69 Å². The molecule has 2 aliphatic heterocycles. The number of carbonyl (C=O) groups excluding carboxylic acids is 1. The zero-order chi connectivity index (χ0) is 25.2. The number of hydrogen-bond donors (Lipinski definition) is 0. The third kappa shape index (κ3) is 6.19. The second-order valence-corrected chi connectivity index (χ2v) is 9.25. The number of aromatic nitrogens is 2. The van der Waals surface area contributed by atoms with Gasteiger partial charge in [0.05, 0.1) is 24.5 Å². The van der Waals surface area contributed by atoms with Gasteiger partial charge in [-0.25, -0.2) is 19.2 Å². The molecule has 1 aromatic heterocycles. The Morgan fingerprint density at radius 1 is 1.03 bits per heavy atom. The van der Waals surface area contributed by atoms with E-state index in [2.05, 4.69) is 14.9 Å². The van der Waals surface area contributed by atoms with Crippen molar-refractivity contribution in [2.75, 3.05) is 31.1 Å². The number of alkyl halides is 3. The van der Waals surface area contributed by atoms with E-state index in [9.17, 15) is 22.4 Å². The molecule has 0 spiro atoms. The number of anilines is 1. The van der Waals surface area contributed by atoms with Gasteiger partial charge in [0.2, 0.25) is 0 Å². The van der Waals surface area contributed by atoms with Gasteiger partial charge in [-0.1, -0.05) is 12.1 Å². The van der Waals surface area contributed by atoms with Crippen molar-refractivity contribution in [3.05, 3.63) is 53.7 Å². The van der Waals surface area contributed by atoms with Crippen molar-refractivity contribution in [1.82, 2.24) is 19.8 Å². The Bertz CT molecular complexity index is 982. The summed E-state index contributed by atoms with van der Waals surface area (Å²) in [5.41, 5.74) is 0.00775. The van der Waals surface area contributed by atoms with Crippen LogP contribution in [-0.2, 0) is 17.5 Å². The van der Waals surface area contributed by atoms with Gasteiger partial charge in [-0.3, -0.25) is 9.80 Å². The highest BCUT2D eigenvalue weighted by Crippen LogP contribution is 2.28. The van der Waals surface area contributed by atoms with Crippen LogP contribution in [0.15, 0.2) is 36.7 Å². The number of hydrogen-bond acceptors (Lipinski definition) is 6. The van der Waals surface area contributed by atoms with E-state index in [1.54, 1.807) is 17.0 Å². The number of halogens is 4. The number of likely N-dealkylation sites (tertiary alicyclic amines) is 1. The first-order chi connectivity index (χ1) is 16.6. The van der Waals surface area contributed by atoms with Crippen LogP contribution in [-0.4, -0.2) is 70.2 Å². The molecule has 0 radical (unpaired) electrons. The fourth-order valence-corrected chi connectivity index (χ4v) is 4.74. The van der Waals surface area contributed by atoms with Gasteiger partial charge in [-0.15, -0.1) is 0 Å². The van der Waals surface area contributed by atoms with Crippen LogP contribution >= 0.6 is 0 Å². The Hall–Kier alpha value is -2.95. The Morgan fingerprint density at radius 2 is 1.66 bits per heavy atom. The van der Waals surface area contributed by atoms with Crippen LogP contribution in [0.1, 0.15) is 37.9 Å². The summed E-state index contributed by atoms with van der Waals surface area (Å²) in [6, 6.07) is 6.04. The number of amides is 1. The maximum Gasteiger partial charge on any atom is 0.434 e. The minimum atomic E-state index is -4.54. The van der Waals surface area contributed by atoms with Crippen LogP contribution in [0.5, 0.6) is 0 Å². The molecule has 2 atom stereocenters. The monoisotopic (exact) mass is 495 g/mol. The largest absolute Gasteiger partial charge is 0.446 e. The first kappa shape index (κ1) is 25.2. The van der Waals surface area contributed by atoms with Crippen molar-refractivity contribution >= 4 is 11.9 Å². The summed E-state index contributed by atoms with van der Waals surface area (Å²) < 4.78 is 57.2. The quantitative estimate of drug-likeness (QED) is 0.589. The van der Waals surface area contributed by atoms with Crippen LogP contribution < -0.4 is 4.90 Å². The highest BCUT2D eigenvalue weighted by atomic mass is 19.4. The van der Waals surface area contributed by atoms with Crippen LogP contribution in [0, 0.1) is 5.82 Å². The third-order valence-corrected chi connectivity index (χ3v) is 6.50. The van der Waals surface area contributed by atoms with Gasteiger partial charge < -0.3 is 9.64 Å². The Balaban J connectivity index is 1.27. The number of ether oxygens (including phenoxy) is 1. The highest BCUT2D eigenvalue weighted by molar-refractivity contribution is 5.69. The Labute approximate surface area is 201 Å². The van der Waals surface area contributed by atoms with Gasteiger partial charge in [0.1, 0.15) is 17.7 Å². The average molecular weight is 496 g/mol. The second kappa shape index (κ2) is 10.3. The van der Waals surface area contributed by atoms with E-state index in [1.165, 1.54) is 12.1 Å². The molecule has 2 aromatic rings. The van der Waals surface area contributed by atoms with Crippen molar-refractivity contribution in [3.63, 3.8) is 0 Å². The van der Waals surface area contributed by atoms with Crippen molar-refractivity contribution < 1.29 is 27.1 Å². The predicted molar refractivity (Wildman–Crippen MR) is 121 cm³/mol. The van der Waals surface area contributed by atoms with Crippen molar-refractivity contribution in [2.45, 2.75) is 57.6 Å². The Morgan fingerprint density at radius 3 is 2.20 bits per heavy atom. The summed E-state index contributed by atoms with van der Waals surface area (Å²) >= 11 is 0. The summed E-state index contributed by atoms with van der Waals surface area (Å²) in [5.74, 6) is 0.0918. The zero-order valence-corrected chi connectivity index (χ0v) is 19.7. The molecule has 2 fully saturated rings. The minimum absolute atomic E-state index is 0.176. The lowest BCUT2D eigenvalue weighted by atomic mass is 10.1. The van der Waals surface area contributed by atoms with Crippen LogP contribution in [0.2, 0.25) is 0 Å². The maximum absolute atomic E-state index is 13.1. The molecular weight excluding hydrogens is 466 g/mol. The van der Waals surface area contributed by atoms with Gasteiger partial charge >= 0.3 is 12.3 Å². The van der Waals surface area contributed by atoms with Crippen molar-refractivity contribution in [3.8, 4) is 0 Å². The molecule has 11 heteroatoms. The van der Waals surface area contributed by atoms with E-state index in [-0.39, 0.29) is 30.1 Å². The smallest absolute Gasteiger partial charge is 0.434 e. The molecule has 7 nitrogen and oxygen atoms in total. The van der Waals surface area contributed by atoms with E-state index in [0.717, 1.165) is 50.4 Å². The lowest BCUT2D eigenvalue weighted by molar-refractivity contribution is -0.141. The maximum atomic E-state index is 13.1. The molecule has 4 rings (SSSR count). The van der Waals surface area contributed by atoms with Crippen molar-refractivity contribution in [2.24, 2.45) is 0 Å². The average Bonchev–Trinajstić information content (AvgIpc) is 2.81. The van der Waals surface area contributed by atoms with Crippen LogP contribution in [0.4, 0.5) is 28.2 Å². The van der Waals surface area contributed by atoms with Gasteiger partial charge in [0, 0.05) is 32.7 Å². The molecular formula is C24H29F4N5O2. The van der Waals surface area contributed by atoms with E-state index < -0.39 is 11.9 Å². The van der Waals surface area contributed by atoms with Crippen LogP contribution in [0.3, 0.4) is 0 Å². The standard InChI is InChI=1S/C24H29F4N5O2/c1-16-13-32(22-12-29-21(11-30-22)24(26,27)28)14-17(2)33(16)23(34)35-20-7-9-31(10-8-20)15-18-3-5-19(25)6-4-18/h3-6,11-12,16-17,20H,7-10,13-15H2,1-2H3/t16-,17+. The SMILES string of the molecule is C[C@@H]1CN(c2cnc(C(F)(F)F)cn2)C[C@H](C)N1C(=O)OC1CCN(Cc2ccc(F)cc2)CC1. The summed E-state index contributed by atoms with van der Waals surface area (Å²) in [4.78, 5) is 26.2. The summed E-state index contributed by atoms with van der Waals surface area (Å²) in [7, 11) is 0. The zero-order valence-electron chi connectivity index (χ0n) is 19.7. The molecule has 1 aromatic carbocycles. The van der Waals surface area contributed by atoms with Crippen molar-refractivity contribution in [1.29, 1.82) is 0 Å². The number of carbonyl (C=O) groups is 1. The van der Waals surface area contributed by atoms with Gasteiger partial charge in [0.25, 0.3) is 0 Å². The van der Waals surface area contributed by atoms with Gasteiger partial charge in [-0.2, -0.15) is 13.2 Å². The molecule has 0 unspecified atom stereocenters. The molecule has 0 bridgehead atoms. The molecule has 35 heavy (non-hydrogen) atoms. The number of rotatable bonds is 4. The molecule has 2 aliphatic rings. The lowest BCUT2D eigenvalue weighted by Gasteiger charge is -2.44. The molecule has 1 amide bonds. The molecule has 3 heterocycles. The molecule has 0 aliphatic carbocycles. The number of piperazine rings is 1. The fraction of sp³-hybridized carbons (Fsp3) is 0.542. The van der Waals surface area contributed by atoms with Crippen LogP contribution in [0.25, 0.3) is 0 Å². The first-order valence-electron chi connectivity index (χ1n) is 11.7. The number of piperidine rings is 1. The molecule has 2 saturated heterocycles. The third-order valence-electron chi connectivity index (χ3n) is 6.50. The topological polar surface area (TPSA) is 61.8 Å². The van der Waals surface area contributed by atoms with E-state index in [1.807, 2.05) is 18.7 Å². The van der Waals surface area contributed by atoms with E-state index in [0.29, 0.717) is 18.9 Å². The molecule has 190 valence electrons. The first-order valence-corrected chi connectivity index (χ1v) is 11.7. The van der Waals surface area contributed by atoms with Gasteiger partial charge in [-0.05, 0) is 44.4 Å². The highest BCUT2D eigenvalue weighted by Gasteiger charge is 2.37. The molecule has 0 saturated carbocycles. The predicted octanol–water partition coefficient (Wildman–Crippen LogP) is 4.33. The second-order valence-electron chi connectivity index (χ2n) is 9.25. The Kier molecular flexibility index (Phi) is 7.44. The number of benzene rings is 1. The minimum Gasteiger partial charge on any atom is -0.446 e. The fourth-order valence-electron chi connectivity index (χ4n) is 4.74. The summed E-state index contributed by atoms with van der Waals surface area (Å²) in [5, 5.41) is 0. The summed E-state index contributed by atoms with van der Waals surface area (Å²) in [6.07, 6.45) is -1.80. The normalized spacial score (nSPS) is 22.3. The number of nitrogens with zero attached hydrogens (tertiary/aromatic N) is 5. The lowest BCUT2D eigenvalue weighted by Crippen LogP contribution is -2.59. The summed E-state index contributed by atoms with van der Waals surface area (Å²) in [6.45, 7) is 6.87.